The largest absolute Gasteiger partial charge is 0.504 e. The SMILES string of the molecule is C[C@H](CO)c1cc2c(c(O)c1O[C@@H]1O[C@H](CO)[C@@H](O)[C@H](O)[C@H]1O)[C@@]1(C)CCC[C@](C)(CO[C@@H]3O[C@H](CO)[C@@H](O)[C@H](O)[C@H]3O)[C@@H]1CC2. The zero-order valence-electron chi connectivity index (χ0n) is 26.5. The Hall–Kier alpha value is -1.66. The van der Waals surface area contributed by atoms with Crippen molar-refractivity contribution in [3.8, 4) is 11.5 Å². The molecule has 5 rings (SSSR count). The number of benzene rings is 1. The highest BCUT2D eigenvalue weighted by atomic mass is 16.7. The van der Waals surface area contributed by atoms with E-state index >= 15 is 0 Å². The maximum Gasteiger partial charge on any atom is 0.229 e. The number of phenolic OH excluding ortho intramolecular Hbond substituents is 1. The van der Waals surface area contributed by atoms with E-state index in [4.69, 9.17) is 18.9 Å². The number of aromatic hydroxyl groups is 1. The fraction of sp³-hybridized carbons (Fsp3) is 0.812. The molecular formula is C32H50O14. The molecule has 1 saturated carbocycles. The Balaban J connectivity index is 1.47. The summed E-state index contributed by atoms with van der Waals surface area (Å²) >= 11 is 0. The second-order valence-electron chi connectivity index (χ2n) is 14.1. The lowest BCUT2D eigenvalue weighted by molar-refractivity contribution is -0.308. The monoisotopic (exact) mass is 658 g/mol. The molecule has 0 aromatic heterocycles. The number of hydrogen-bond donors (Lipinski definition) is 10. The van der Waals surface area contributed by atoms with Gasteiger partial charge in [-0.05, 0) is 48.0 Å². The van der Waals surface area contributed by atoms with Gasteiger partial charge < -0.3 is 70.0 Å². The first kappa shape index (κ1) is 35.6. The molecule has 10 N–H and O–H groups in total. The number of fused-ring (bicyclic) bond motifs is 3. The minimum atomic E-state index is -1.70. The van der Waals surface area contributed by atoms with Crippen molar-refractivity contribution < 1.29 is 70.0 Å². The van der Waals surface area contributed by atoms with Crippen LogP contribution in [0, 0.1) is 11.3 Å². The average Bonchev–Trinajstić information content (AvgIpc) is 3.03. The van der Waals surface area contributed by atoms with Crippen LogP contribution in [0.1, 0.15) is 69.1 Å². The quantitative estimate of drug-likeness (QED) is 0.145. The molecule has 1 aromatic rings. The summed E-state index contributed by atoms with van der Waals surface area (Å²) in [6.07, 6.45) is -11.1. The Kier molecular flexibility index (Phi) is 10.6. The first-order valence-corrected chi connectivity index (χ1v) is 16.1. The Morgan fingerprint density at radius 1 is 0.848 bits per heavy atom. The molecule has 1 aromatic carbocycles. The number of aliphatic hydroxyl groups excluding tert-OH is 9. The molecule has 14 atom stereocenters. The van der Waals surface area contributed by atoms with E-state index in [1.807, 2.05) is 6.07 Å². The van der Waals surface area contributed by atoms with Gasteiger partial charge in [-0.1, -0.05) is 33.3 Å². The van der Waals surface area contributed by atoms with Gasteiger partial charge in [0.15, 0.2) is 17.8 Å². The van der Waals surface area contributed by atoms with Gasteiger partial charge in [0.05, 0.1) is 19.8 Å². The summed E-state index contributed by atoms with van der Waals surface area (Å²) in [5, 5.41) is 104. The predicted molar refractivity (Wildman–Crippen MR) is 159 cm³/mol. The second-order valence-corrected chi connectivity index (χ2v) is 14.1. The van der Waals surface area contributed by atoms with Crippen LogP contribution in [0.15, 0.2) is 6.07 Å². The predicted octanol–water partition coefficient (Wildman–Crippen LogP) is -1.51. The zero-order chi connectivity index (χ0) is 33.7. The molecule has 2 aliphatic carbocycles. The van der Waals surface area contributed by atoms with E-state index in [9.17, 15) is 51.1 Å². The van der Waals surface area contributed by atoms with Crippen molar-refractivity contribution >= 4 is 0 Å². The van der Waals surface area contributed by atoms with Crippen molar-refractivity contribution in [2.45, 2.75) is 126 Å². The smallest absolute Gasteiger partial charge is 0.229 e. The number of rotatable bonds is 9. The first-order chi connectivity index (χ1) is 21.7. The molecule has 2 heterocycles. The minimum Gasteiger partial charge on any atom is -0.504 e. The van der Waals surface area contributed by atoms with E-state index in [0.29, 0.717) is 24.0 Å². The molecule has 46 heavy (non-hydrogen) atoms. The van der Waals surface area contributed by atoms with Crippen molar-refractivity contribution in [2.24, 2.45) is 11.3 Å². The fourth-order valence-electron chi connectivity index (χ4n) is 8.32. The molecule has 262 valence electrons. The van der Waals surface area contributed by atoms with Crippen molar-refractivity contribution in [2.75, 3.05) is 26.4 Å². The second kappa shape index (κ2) is 13.7. The zero-order valence-corrected chi connectivity index (χ0v) is 26.5. The van der Waals surface area contributed by atoms with Crippen LogP contribution >= 0.6 is 0 Å². The van der Waals surface area contributed by atoms with E-state index < -0.39 is 91.4 Å². The molecule has 2 aliphatic heterocycles. The molecular weight excluding hydrogens is 608 g/mol. The summed E-state index contributed by atoms with van der Waals surface area (Å²) in [7, 11) is 0. The van der Waals surface area contributed by atoms with E-state index in [0.717, 1.165) is 24.8 Å². The third-order valence-electron chi connectivity index (χ3n) is 11.0. The number of ether oxygens (including phenoxy) is 4. The van der Waals surface area contributed by atoms with Crippen LogP contribution in [0.25, 0.3) is 0 Å². The van der Waals surface area contributed by atoms with Gasteiger partial charge in [-0.3, -0.25) is 0 Å². The number of aryl methyl sites for hydroxylation is 1. The highest BCUT2D eigenvalue weighted by molar-refractivity contribution is 5.60. The Morgan fingerprint density at radius 2 is 1.43 bits per heavy atom. The molecule has 3 fully saturated rings. The van der Waals surface area contributed by atoms with E-state index in [1.54, 1.807) is 6.92 Å². The highest BCUT2D eigenvalue weighted by Gasteiger charge is 2.55. The van der Waals surface area contributed by atoms with Gasteiger partial charge in [-0.25, -0.2) is 0 Å². The summed E-state index contributed by atoms with van der Waals surface area (Å²) < 4.78 is 23.3. The maximum absolute atomic E-state index is 12.0. The summed E-state index contributed by atoms with van der Waals surface area (Å²) in [5.74, 6) is -0.740. The minimum absolute atomic E-state index is 0.0312. The summed E-state index contributed by atoms with van der Waals surface area (Å²) in [4.78, 5) is 0. The lowest BCUT2D eigenvalue weighted by Gasteiger charge is -2.56. The molecule has 0 radical (unpaired) electrons. The molecule has 2 saturated heterocycles. The Morgan fingerprint density at radius 3 is 2.02 bits per heavy atom. The molecule has 0 unspecified atom stereocenters. The highest BCUT2D eigenvalue weighted by Crippen LogP contribution is 2.61. The van der Waals surface area contributed by atoms with E-state index in [1.165, 1.54) is 0 Å². The van der Waals surface area contributed by atoms with Crippen LogP contribution in [0.4, 0.5) is 0 Å². The average molecular weight is 659 g/mol. The van der Waals surface area contributed by atoms with Crippen LogP contribution in [-0.4, -0.2) is 139 Å². The maximum atomic E-state index is 12.0. The standard InChI is InChI=1S/C32H50O14/c1-14(10-33)16-9-15-5-6-19-31(2,13-43-29-26(41)24(39)21(36)17(11-34)44-29)7-4-8-32(19,3)20(15)23(38)28(16)46-30-27(42)25(40)22(37)18(12-35)45-30/h9,14,17-19,21-22,24-27,29-30,33-42H,4-8,10-13H2,1-3H3/t14-,17-,18-,19+,21-,22-,24+,25+,26-,27-,29-,30+,31-,32+/m1/s1. The van der Waals surface area contributed by atoms with Gasteiger partial charge in [0.25, 0.3) is 0 Å². The van der Waals surface area contributed by atoms with Crippen LogP contribution in [-0.2, 0) is 26.0 Å². The summed E-state index contributed by atoms with van der Waals surface area (Å²) in [6, 6.07) is 1.88. The van der Waals surface area contributed by atoms with E-state index in [2.05, 4.69) is 13.8 Å². The van der Waals surface area contributed by atoms with Gasteiger partial charge in [-0.2, -0.15) is 0 Å². The van der Waals surface area contributed by atoms with Crippen molar-refractivity contribution in [1.29, 1.82) is 0 Å². The first-order valence-electron chi connectivity index (χ1n) is 16.1. The van der Waals surface area contributed by atoms with Gasteiger partial charge in [-0.15, -0.1) is 0 Å². The van der Waals surface area contributed by atoms with Gasteiger partial charge in [0.2, 0.25) is 6.29 Å². The summed E-state index contributed by atoms with van der Waals surface area (Å²) in [5.41, 5.74) is 0.925. The van der Waals surface area contributed by atoms with Crippen LogP contribution in [0.5, 0.6) is 11.5 Å². The number of phenols is 1. The topological polar surface area (TPSA) is 239 Å². The van der Waals surface area contributed by atoms with E-state index in [-0.39, 0.29) is 30.6 Å². The fourth-order valence-corrected chi connectivity index (χ4v) is 8.32. The Bertz CT molecular complexity index is 1210. The van der Waals surface area contributed by atoms with Crippen LogP contribution in [0.3, 0.4) is 0 Å². The molecule has 14 heteroatoms. The van der Waals surface area contributed by atoms with Crippen molar-refractivity contribution in [3.05, 3.63) is 22.8 Å². The normalized spacial score (nSPS) is 43.4. The van der Waals surface area contributed by atoms with Crippen molar-refractivity contribution in [1.82, 2.24) is 0 Å². The van der Waals surface area contributed by atoms with Gasteiger partial charge >= 0.3 is 0 Å². The van der Waals surface area contributed by atoms with Gasteiger partial charge in [0, 0.05) is 23.7 Å². The van der Waals surface area contributed by atoms with Crippen LogP contribution in [0.2, 0.25) is 0 Å². The summed E-state index contributed by atoms with van der Waals surface area (Å²) in [6.45, 7) is 4.52. The Labute approximate surface area is 267 Å². The lowest BCUT2D eigenvalue weighted by Crippen LogP contribution is -2.60. The number of hydrogen-bond acceptors (Lipinski definition) is 14. The van der Waals surface area contributed by atoms with Crippen molar-refractivity contribution in [3.63, 3.8) is 0 Å². The third kappa shape index (κ3) is 6.05. The third-order valence-corrected chi connectivity index (χ3v) is 11.0. The van der Waals surface area contributed by atoms with Gasteiger partial charge in [0.1, 0.15) is 48.8 Å². The molecule has 14 nitrogen and oxygen atoms in total. The number of aliphatic hydroxyl groups is 9. The molecule has 0 amide bonds. The van der Waals surface area contributed by atoms with Crippen LogP contribution < -0.4 is 4.74 Å². The molecule has 0 spiro atoms. The lowest BCUT2D eigenvalue weighted by atomic mass is 9.49. The molecule has 0 bridgehead atoms. The molecule has 4 aliphatic rings.